The van der Waals surface area contributed by atoms with Gasteiger partial charge in [-0.25, -0.2) is 0 Å². The molecule has 1 atom stereocenters. The van der Waals surface area contributed by atoms with Gasteiger partial charge in [-0.2, -0.15) is 0 Å². The fraction of sp³-hybridized carbons (Fsp3) is 0.909. The maximum absolute atomic E-state index is 11.4. The van der Waals surface area contributed by atoms with Crippen LogP contribution >= 0.6 is 12.4 Å². The second kappa shape index (κ2) is 7.09. The fourth-order valence-electron chi connectivity index (χ4n) is 1.89. The van der Waals surface area contributed by atoms with Crippen LogP contribution in [0.25, 0.3) is 0 Å². The zero-order valence-electron chi connectivity index (χ0n) is 10.4. The van der Waals surface area contributed by atoms with Crippen LogP contribution in [-0.2, 0) is 4.79 Å². The van der Waals surface area contributed by atoms with Crippen molar-refractivity contribution in [1.82, 2.24) is 10.2 Å². The van der Waals surface area contributed by atoms with Crippen molar-refractivity contribution in [3.05, 3.63) is 0 Å². The van der Waals surface area contributed by atoms with Gasteiger partial charge in [-0.05, 0) is 33.6 Å². The van der Waals surface area contributed by atoms with Gasteiger partial charge < -0.3 is 16.0 Å². The van der Waals surface area contributed by atoms with E-state index in [0.29, 0.717) is 12.1 Å². The molecule has 1 rings (SSSR count). The molecule has 0 spiro atoms. The van der Waals surface area contributed by atoms with Crippen LogP contribution in [0.4, 0.5) is 0 Å². The van der Waals surface area contributed by atoms with E-state index in [4.69, 9.17) is 5.73 Å². The lowest BCUT2D eigenvalue weighted by Crippen LogP contribution is -2.49. The first-order valence-electron chi connectivity index (χ1n) is 5.80. The molecule has 0 aromatic heterocycles. The number of likely N-dealkylation sites (tertiary alicyclic amines) is 1. The normalized spacial score (nSPS) is 20.3. The number of carbonyl (C=O) groups is 1. The summed E-state index contributed by atoms with van der Waals surface area (Å²) in [5.41, 5.74) is 5.51. The molecule has 16 heavy (non-hydrogen) atoms. The summed E-state index contributed by atoms with van der Waals surface area (Å²) in [6, 6.07) is 0.529. The Labute approximate surface area is 104 Å². The molecule has 0 saturated carbocycles. The minimum absolute atomic E-state index is 0. The number of nitrogens with one attached hydrogen (secondary N) is 1. The average Bonchev–Trinajstić information content (AvgIpc) is 2.18. The summed E-state index contributed by atoms with van der Waals surface area (Å²) in [4.78, 5) is 13.8. The van der Waals surface area contributed by atoms with Crippen LogP contribution in [0.3, 0.4) is 0 Å². The minimum Gasteiger partial charge on any atom is -0.352 e. The molecule has 1 aliphatic rings. The third-order valence-electron chi connectivity index (χ3n) is 3.02. The number of rotatable bonds is 3. The fourth-order valence-corrected chi connectivity index (χ4v) is 1.89. The Morgan fingerprint density at radius 3 is 2.19 bits per heavy atom. The van der Waals surface area contributed by atoms with Gasteiger partial charge in [0, 0.05) is 25.2 Å². The molecule has 1 saturated heterocycles. The molecular formula is C11H24ClN3O. The standard InChI is InChI=1S/C11H23N3O.ClH/c1-8(2)14-6-4-10(5-7-14)13-11(15)9(3)12;/h8-10H,4-7,12H2,1-3H3,(H,13,15);1H/t9-;/m1./s1. The number of nitrogens with two attached hydrogens (primary N) is 1. The molecule has 0 bridgehead atoms. The van der Waals surface area contributed by atoms with Crippen molar-refractivity contribution in [2.75, 3.05) is 13.1 Å². The van der Waals surface area contributed by atoms with Gasteiger partial charge in [0.2, 0.25) is 5.91 Å². The molecule has 4 nitrogen and oxygen atoms in total. The number of nitrogens with zero attached hydrogens (tertiary/aromatic N) is 1. The Balaban J connectivity index is 0.00000225. The van der Waals surface area contributed by atoms with E-state index in [2.05, 4.69) is 24.1 Å². The zero-order valence-corrected chi connectivity index (χ0v) is 11.2. The van der Waals surface area contributed by atoms with Gasteiger partial charge in [-0.3, -0.25) is 4.79 Å². The maximum Gasteiger partial charge on any atom is 0.236 e. The Morgan fingerprint density at radius 2 is 1.81 bits per heavy atom. The van der Waals surface area contributed by atoms with Crippen molar-refractivity contribution in [2.24, 2.45) is 5.73 Å². The summed E-state index contributed by atoms with van der Waals surface area (Å²) in [7, 11) is 0. The summed E-state index contributed by atoms with van der Waals surface area (Å²) in [5.74, 6) is -0.0296. The molecule has 1 fully saturated rings. The van der Waals surface area contributed by atoms with Crippen molar-refractivity contribution in [1.29, 1.82) is 0 Å². The SMILES string of the molecule is CC(C)N1CCC(NC(=O)[C@@H](C)N)CC1.Cl. The van der Waals surface area contributed by atoms with Crippen LogP contribution < -0.4 is 11.1 Å². The smallest absolute Gasteiger partial charge is 0.236 e. The van der Waals surface area contributed by atoms with Crippen molar-refractivity contribution < 1.29 is 4.79 Å². The first kappa shape index (κ1) is 15.7. The predicted octanol–water partition coefficient (Wildman–Crippen LogP) is 0.744. The van der Waals surface area contributed by atoms with Crippen molar-refractivity contribution in [3.8, 4) is 0 Å². The van der Waals surface area contributed by atoms with Crippen molar-refractivity contribution in [3.63, 3.8) is 0 Å². The third kappa shape index (κ3) is 4.68. The maximum atomic E-state index is 11.4. The Bertz CT molecular complexity index is 213. The monoisotopic (exact) mass is 249 g/mol. The molecule has 0 aromatic carbocycles. The van der Waals surface area contributed by atoms with E-state index in [1.807, 2.05) is 0 Å². The predicted molar refractivity (Wildman–Crippen MR) is 68.8 cm³/mol. The summed E-state index contributed by atoms with van der Waals surface area (Å²) in [6.45, 7) is 8.28. The Morgan fingerprint density at radius 1 is 1.31 bits per heavy atom. The van der Waals surface area contributed by atoms with Crippen LogP contribution in [0.1, 0.15) is 33.6 Å². The Kier molecular flexibility index (Phi) is 6.95. The average molecular weight is 250 g/mol. The molecule has 1 heterocycles. The van der Waals surface area contributed by atoms with Crippen LogP contribution in [0.15, 0.2) is 0 Å². The number of carbonyl (C=O) groups excluding carboxylic acids is 1. The minimum atomic E-state index is -0.395. The first-order chi connectivity index (χ1) is 7.00. The van der Waals surface area contributed by atoms with Gasteiger partial charge in [0.15, 0.2) is 0 Å². The second-order valence-electron chi connectivity index (χ2n) is 4.70. The van der Waals surface area contributed by atoms with E-state index in [0.717, 1.165) is 25.9 Å². The van der Waals surface area contributed by atoms with E-state index in [-0.39, 0.29) is 18.3 Å². The van der Waals surface area contributed by atoms with E-state index in [1.54, 1.807) is 6.92 Å². The lowest BCUT2D eigenvalue weighted by molar-refractivity contribution is -0.123. The topological polar surface area (TPSA) is 58.4 Å². The van der Waals surface area contributed by atoms with E-state index in [9.17, 15) is 4.79 Å². The van der Waals surface area contributed by atoms with Crippen molar-refractivity contribution in [2.45, 2.75) is 51.7 Å². The number of piperidine rings is 1. The molecule has 1 aliphatic heterocycles. The van der Waals surface area contributed by atoms with Crippen molar-refractivity contribution >= 4 is 18.3 Å². The van der Waals surface area contributed by atoms with Crippen LogP contribution in [0.2, 0.25) is 0 Å². The third-order valence-corrected chi connectivity index (χ3v) is 3.02. The second-order valence-corrected chi connectivity index (χ2v) is 4.70. The molecule has 96 valence electrons. The largest absolute Gasteiger partial charge is 0.352 e. The number of hydrogen-bond acceptors (Lipinski definition) is 3. The van der Waals surface area contributed by atoms with E-state index in [1.165, 1.54) is 0 Å². The van der Waals surface area contributed by atoms with Crippen LogP contribution in [0.5, 0.6) is 0 Å². The van der Waals surface area contributed by atoms with Gasteiger partial charge in [0.1, 0.15) is 0 Å². The molecule has 0 radical (unpaired) electrons. The van der Waals surface area contributed by atoms with Crippen LogP contribution in [-0.4, -0.2) is 42.0 Å². The highest BCUT2D eigenvalue weighted by Gasteiger charge is 2.22. The number of halogens is 1. The van der Waals surface area contributed by atoms with Gasteiger partial charge in [-0.1, -0.05) is 0 Å². The van der Waals surface area contributed by atoms with Gasteiger partial charge >= 0.3 is 0 Å². The Hall–Kier alpha value is -0.320. The summed E-state index contributed by atoms with van der Waals surface area (Å²) >= 11 is 0. The molecular weight excluding hydrogens is 226 g/mol. The highest BCUT2D eigenvalue weighted by Crippen LogP contribution is 2.12. The highest BCUT2D eigenvalue weighted by molar-refractivity contribution is 5.85. The molecule has 1 amide bonds. The van der Waals surface area contributed by atoms with E-state index >= 15 is 0 Å². The lowest BCUT2D eigenvalue weighted by Gasteiger charge is -2.35. The lowest BCUT2D eigenvalue weighted by atomic mass is 10.0. The molecule has 5 heteroatoms. The molecule has 0 aliphatic carbocycles. The zero-order chi connectivity index (χ0) is 11.4. The summed E-state index contributed by atoms with van der Waals surface area (Å²) < 4.78 is 0. The molecule has 0 unspecified atom stereocenters. The van der Waals surface area contributed by atoms with Gasteiger partial charge in [0.05, 0.1) is 6.04 Å². The van der Waals surface area contributed by atoms with Gasteiger partial charge in [-0.15, -0.1) is 12.4 Å². The summed E-state index contributed by atoms with van der Waals surface area (Å²) in [6.07, 6.45) is 2.08. The van der Waals surface area contributed by atoms with E-state index < -0.39 is 6.04 Å². The molecule has 0 aromatic rings. The number of hydrogen-bond donors (Lipinski definition) is 2. The van der Waals surface area contributed by atoms with Crippen LogP contribution in [0, 0.1) is 0 Å². The quantitative estimate of drug-likeness (QED) is 0.776. The summed E-state index contributed by atoms with van der Waals surface area (Å²) in [5, 5.41) is 2.99. The first-order valence-corrected chi connectivity index (χ1v) is 5.80. The van der Waals surface area contributed by atoms with Gasteiger partial charge in [0.25, 0.3) is 0 Å². The molecule has 3 N–H and O–H groups in total. The highest BCUT2D eigenvalue weighted by atomic mass is 35.5. The number of amides is 1.